The second-order valence-corrected chi connectivity index (χ2v) is 7.46. The molecule has 0 unspecified atom stereocenters. The van der Waals surface area contributed by atoms with E-state index in [4.69, 9.17) is 25.0 Å². The van der Waals surface area contributed by atoms with Crippen LogP contribution in [0.5, 0.6) is 0 Å². The molecule has 0 amide bonds. The molecular weight excluding hydrogens is 373 g/mol. The number of hydrogen-bond acceptors (Lipinski definition) is 10. The highest BCUT2D eigenvalue weighted by Crippen LogP contribution is 2.36. The molecule has 1 aliphatic heterocycles. The zero-order valence-corrected chi connectivity index (χ0v) is 14.1. The minimum Gasteiger partial charge on any atom is -0.387 e. The second kappa shape index (κ2) is 7.13. The average molecular weight is 391 g/mol. The summed E-state index contributed by atoms with van der Waals surface area (Å²) in [5, 5.41) is 29.8. The first-order chi connectivity index (χ1) is 12.2. The van der Waals surface area contributed by atoms with Crippen LogP contribution in [0.4, 0.5) is 5.82 Å². The van der Waals surface area contributed by atoms with Gasteiger partial charge in [0.25, 0.3) is 0 Å². The molecule has 144 valence electrons. The van der Waals surface area contributed by atoms with E-state index in [1.165, 1.54) is 17.2 Å². The lowest BCUT2D eigenvalue weighted by atomic mass is 10.1. The highest BCUT2D eigenvalue weighted by Gasteiger charge is 2.44. The van der Waals surface area contributed by atoms with Gasteiger partial charge in [0.2, 0.25) is 0 Å². The number of aliphatic hydroxyl groups is 3. The van der Waals surface area contributed by atoms with Gasteiger partial charge in [-0.25, -0.2) is 15.0 Å². The molecule has 0 aromatic carbocycles. The van der Waals surface area contributed by atoms with Crippen LogP contribution in [0.15, 0.2) is 12.7 Å². The van der Waals surface area contributed by atoms with Crippen molar-refractivity contribution >= 4 is 24.6 Å². The molecular formula is C12H18N5O8P. The molecule has 7 N–H and O–H groups in total. The van der Waals surface area contributed by atoms with E-state index >= 15 is 0 Å². The van der Waals surface area contributed by atoms with Gasteiger partial charge in [-0.2, -0.15) is 0 Å². The van der Waals surface area contributed by atoms with E-state index in [0.29, 0.717) is 5.52 Å². The molecule has 0 bridgehead atoms. The van der Waals surface area contributed by atoms with Gasteiger partial charge < -0.3 is 40.3 Å². The van der Waals surface area contributed by atoms with Crippen molar-refractivity contribution in [2.24, 2.45) is 0 Å². The van der Waals surface area contributed by atoms with E-state index in [1.807, 2.05) is 0 Å². The van der Waals surface area contributed by atoms with Gasteiger partial charge >= 0.3 is 7.60 Å². The third-order valence-electron chi connectivity index (χ3n) is 3.85. The van der Waals surface area contributed by atoms with Crippen molar-refractivity contribution in [1.29, 1.82) is 0 Å². The Hall–Kier alpha value is -1.70. The van der Waals surface area contributed by atoms with Gasteiger partial charge in [-0.3, -0.25) is 9.13 Å². The summed E-state index contributed by atoms with van der Waals surface area (Å²) >= 11 is 0. The fraction of sp³-hybridized carbons (Fsp3) is 0.583. The monoisotopic (exact) mass is 391 g/mol. The fourth-order valence-electron chi connectivity index (χ4n) is 2.62. The summed E-state index contributed by atoms with van der Waals surface area (Å²) in [6, 6.07) is 0. The van der Waals surface area contributed by atoms with Gasteiger partial charge in [0, 0.05) is 0 Å². The Kier molecular flexibility index (Phi) is 5.23. The van der Waals surface area contributed by atoms with Gasteiger partial charge in [-0.05, 0) is 0 Å². The highest BCUT2D eigenvalue weighted by molar-refractivity contribution is 7.51. The van der Waals surface area contributed by atoms with Crippen molar-refractivity contribution in [3.63, 3.8) is 0 Å². The number of rotatable bonds is 6. The number of nitrogen functional groups attached to an aromatic ring is 1. The molecule has 14 heteroatoms. The number of ether oxygens (including phenoxy) is 2. The normalized spacial score (nSPS) is 27.9. The first-order valence-corrected chi connectivity index (χ1v) is 9.26. The van der Waals surface area contributed by atoms with Crippen LogP contribution in [-0.4, -0.2) is 82.0 Å². The fourth-order valence-corrected chi connectivity index (χ4v) is 3.13. The zero-order chi connectivity index (χ0) is 19.1. The average Bonchev–Trinajstić information content (AvgIpc) is 3.08. The van der Waals surface area contributed by atoms with Crippen molar-refractivity contribution in [1.82, 2.24) is 19.5 Å². The van der Waals surface area contributed by atoms with Crippen molar-refractivity contribution in [3.05, 3.63) is 12.7 Å². The van der Waals surface area contributed by atoms with Gasteiger partial charge in [0.1, 0.15) is 36.3 Å². The largest absolute Gasteiger partial charge is 0.387 e. The SMILES string of the molecule is Nc1ncnc2c1ncn2[C@@H]1O[C@H](CO[C@@H](O)CP(=O)(O)O)[C@H](O)[C@H]1O. The standard InChI is InChI=1S/C12H18N5O8P/c13-10-7-11(15-3-14-10)17(4-16-7)12-9(20)8(19)5(25-12)1-24-6(18)2-26(21,22)23/h3-6,8-9,12,18-20H,1-2H2,(H2,13,14,15)(H2,21,22,23)/t5-,6-,8+,9-,12-/m1/s1. The maximum Gasteiger partial charge on any atom is 0.330 e. The van der Waals surface area contributed by atoms with Crippen LogP contribution in [0.25, 0.3) is 11.2 Å². The molecule has 3 heterocycles. The first-order valence-electron chi connectivity index (χ1n) is 7.46. The van der Waals surface area contributed by atoms with Gasteiger partial charge in [-0.1, -0.05) is 0 Å². The number of nitrogens with zero attached hydrogens (tertiary/aromatic N) is 4. The number of aromatic nitrogens is 4. The maximum atomic E-state index is 10.8. The van der Waals surface area contributed by atoms with Crippen LogP contribution >= 0.6 is 7.60 Å². The van der Waals surface area contributed by atoms with Gasteiger partial charge in [0.05, 0.1) is 12.9 Å². The summed E-state index contributed by atoms with van der Waals surface area (Å²) in [5.74, 6) is 0.141. The summed E-state index contributed by atoms with van der Waals surface area (Å²) in [6.45, 7) is -0.403. The molecule has 2 aromatic rings. The Labute approximate surface area is 146 Å². The van der Waals surface area contributed by atoms with Crippen LogP contribution in [0.2, 0.25) is 0 Å². The zero-order valence-electron chi connectivity index (χ0n) is 13.2. The minimum atomic E-state index is -4.46. The van der Waals surface area contributed by atoms with Gasteiger partial charge in [-0.15, -0.1) is 0 Å². The molecule has 1 aliphatic rings. The number of nitrogens with two attached hydrogens (primary N) is 1. The van der Waals surface area contributed by atoms with Crippen LogP contribution in [0, 0.1) is 0 Å². The van der Waals surface area contributed by atoms with E-state index in [9.17, 15) is 19.9 Å². The number of fused-ring (bicyclic) bond motifs is 1. The molecule has 13 nitrogen and oxygen atoms in total. The minimum absolute atomic E-state index is 0.141. The van der Waals surface area contributed by atoms with E-state index in [1.54, 1.807) is 0 Å². The van der Waals surface area contributed by atoms with Gasteiger partial charge in [0.15, 0.2) is 24.0 Å². The maximum absolute atomic E-state index is 10.8. The molecule has 5 atom stereocenters. The summed E-state index contributed by atoms with van der Waals surface area (Å²) in [7, 11) is -4.46. The molecule has 26 heavy (non-hydrogen) atoms. The molecule has 1 fully saturated rings. The lowest BCUT2D eigenvalue weighted by Crippen LogP contribution is -2.35. The molecule has 0 radical (unpaired) electrons. The van der Waals surface area contributed by atoms with Crippen molar-refractivity contribution in [2.75, 3.05) is 18.5 Å². The van der Waals surface area contributed by atoms with Crippen LogP contribution in [0.1, 0.15) is 6.23 Å². The Morgan fingerprint density at radius 3 is 2.73 bits per heavy atom. The smallest absolute Gasteiger partial charge is 0.330 e. The van der Waals surface area contributed by atoms with E-state index in [2.05, 4.69) is 15.0 Å². The summed E-state index contributed by atoms with van der Waals surface area (Å²) in [5.41, 5.74) is 6.29. The van der Waals surface area contributed by atoms with E-state index < -0.39 is 51.2 Å². The summed E-state index contributed by atoms with van der Waals surface area (Å²) in [4.78, 5) is 29.4. The lowest BCUT2D eigenvalue weighted by molar-refractivity contribution is -0.133. The second-order valence-electron chi connectivity index (χ2n) is 5.76. The quantitative estimate of drug-likeness (QED) is 0.224. The number of hydrogen-bond donors (Lipinski definition) is 6. The van der Waals surface area contributed by atoms with Crippen molar-refractivity contribution < 1.29 is 39.1 Å². The highest BCUT2D eigenvalue weighted by atomic mass is 31.2. The van der Waals surface area contributed by atoms with E-state index in [-0.39, 0.29) is 11.5 Å². The predicted molar refractivity (Wildman–Crippen MR) is 84.5 cm³/mol. The summed E-state index contributed by atoms with van der Waals surface area (Å²) in [6.07, 6.45) is -4.96. The Balaban J connectivity index is 1.71. The summed E-state index contributed by atoms with van der Waals surface area (Å²) < 4.78 is 22.6. The molecule has 0 spiro atoms. The molecule has 2 aromatic heterocycles. The molecule has 3 rings (SSSR count). The Morgan fingerprint density at radius 1 is 1.31 bits per heavy atom. The molecule has 0 aliphatic carbocycles. The third-order valence-corrected chi connectivity index (χ3v) is 4.63. The van der Waals surface area contributed by atoms with Crippen molar-refractivity contribution in [3.8, 4) is 0 Å². The number of anilines is 1. The van der Waals surface area contributed by atoms with Crippen LogP contribution < -0.4 is 5.73 Å². The van der Waals surface area contributed by atoms with Crippen LogP contribution in [-0.2, 0) is 14.0 Å². The van der Waals surface area contributed by atoms with E-state index in [0.717, 1.165) is 0 Å². The Morgan fingerprint density at radius 2 is 2.04 bits per heavy atom. The third kappa shape index (κ3) is 3.84. The topological polar surface area (TPSA) is 206 Å². The van der Waals surface area contributed by atoms with Crippen molar-refractivity contribution in [2.45, 2.75) is 30.8 Å². The predicted octanol–water partition coefficient (Wildman–Crippen LogP) is -2.46. The Bertz CT molecular complexity index is 827. The molecule has 1 saturated heterocycles. The number of imidazole rings is 1. The molecule has 0 saturated carbocycles. The number of aliphatic hydroxyl groups excluding tert-OH is 3. The lowest BCUT2D eigenvalue weighted by Gasteiger charge is -2.18. The van der Waals surface area contributed by atoms with Crippen LogP contribution in [0.3, 0.4) is 0 Å². The first kappa shape index (κ1) is 19.1.